The summed E-state index contributed by atoms with van der Waals surface area (Å²) < 4.78 is 1.23. The van der Waals surface area contributed by atoms with Crippen LogP contribution in [-0.4, -0.2) is 30.1 Å². The lowest BCUT2D eigenvalue weighted by molar-refractivity contribution is 0.338. The molecule has 2 nitrogen and oxygen atoms in total. The first-order valence-corrected chi connectivity index (χ1v) is 8.45. The molecule has 1 atom stereocenters. The van der Waals surface area contributed by atoms with Crippen molar-refractivity contribution in [3.8, 4) is 5.75 Å². The van der Waals surface area contributed by atoms with Gasteiger partial charge in [0, 0.05) is 22.6 Å². The lowest BCUT2D eigenvalue weighted by Crippen LogP contribution is -2.24. The van der Waals surface area contributed by atoms with Gasteiger partial charge in [-0.1, -0.05) is 23.7 Å². The highest BCUT2D eigenvalue weighted by Gasteiger charge is 2.24. The lowest BCUT2D eigenvalue weighted by atomic mass is 9.88. The van der Waals surface area contributed by atoms with Crippen molar-refractivity contribution in [3.05, 3.63) is 61.7 Å². The standard InChI is InChI=1S/C17H17ClINO/c1-20-6-5-12-8-16(18)17(21)9-14(12)15(10-20)11-3-2-4-13(19)7-11/h2-4,7-9,15,21H,5-6,10H2,1H3/t15-/m1/s1/i19-4. The third-order valence-electron chi connectivity index (χ3n) is 4.09. The van der Waals surface area contributed by atoms with Gasteiger partial charge in [0.15, 0.2) is 0 Å². The maximum Gasteiger partial charge on any atom is 0.134 e. The van der Waals surface area contributed by atoms with Crippen molar-refractivity contribution in [2.75, 3.05) is 20.1 Å². The van der Waals surface area contributed by atoms with E-state index in [4.69, 9.17) is 11.6 Å². The fraction of sp³-hybridized carbons (Fsp3) is 0.294. The SMILES string of the molecule is CN1CCc2cc(Cl)c(O)cc2[C@@H](c2cccc([123I])c2)C1. The van der Waals surface area contributed by atoms with Gasteiger partial charge >= 0.3 is 0 Å². The Hall–Kier alpha value is -0.780. The smallest absolute Gasteiger partial charge is 0.134 e. The van der Waals surface area contributed by atoms with E-state index in [0.29, 0.717) is 5.02 Å². The molecule has 0 aromatic heterocycles. The molecule has 0 aliphatic carbocycles. The molecule has 0 radical (unpaired) electrons. The van der Waals surface area contributed by atoms with Gasteiger partial charge in [0.25, 0.3) is 0 Å². The van der Waals surface area contributed by atoms with E-state index in [0.717, 1.165) is 19.5 Å². The number of phenolic OH excluding ortho intramolecular Hbond substituents is 1. The molecule has 0 spiro atoms. The second-order valence-corrected chi connectivity index (χ2v) is 7.28. The highest BCUT2D eigenvalue weighted by molar-refractivity contribution is 14.1. The van der Waals surface area contributed by atoms with E-state index in [-0.39, 0.29) is 11.7 Å². The predicted octanol–water partition coefficient (Wildman–Crippen LogP) is 4.27. The van der Waals surface area contributed by atoms with Gasteiger partial charge in [-0.15, -0.1) is 0 Å². The lowest BCUT2D eigenvalue weighted by Gasteiger charge is -2.22. The monoisotopic (exact) mass is 409 g/mol. The first kappa shape index (κ1) is 15.1. The maximum atomic E-state index is 10.0. The van der Waals surface area contributed by atoms with Crippen LogP contribution in [0.3, 0.4) is 0 Å². The minimum absolute atomic E-state index is 0.176. The van der Waals surface area contributed by atoms with E-state index >= 15 is 0 Å². The van der Waals surface area contributed by atoms with E-state index in [9.17, 15) is 5.11 Å². The Balaban J connectivity index is 2.13. The summed E-state index contributed by atoms with van der Waals surface area (Å²) in [6, 6.07) is 12.4. The Morgan fingerprint density at radius 3 is 2.86 bits per heavy atom. The number of hydrogen-bond donors (Lipinski definition) is 1. The highest BCUT2D eigenvalue weighted by atomic mass is 123. The molecular weight excluding hydrogens is 393 g/mol. The van der Waals surface area contributed by atoms with Crippen molar-refractivity contribution < 1.29 is 5.11 Å². The zero-order valence-electron chi connectivity index (χ0n) is 11.8. The molecule has 21 heavy (non-hydrogen) atoms. The zero-order chi connectivity index (χ0) is 15.0. The number of phenols is 1. The third-order valence-corrected chi connectivity index (χ3v) is 5.07. The molecule has 2 aromatic carbocycles. The summed E-state index contributed by atoms with van der Waals surface area (Å²) in [5.74, 6) is 0.445. The number of nitrogens with zero attached hydrogens (tertiary/aromatic N) is 1. The minimum atomic E-state index is 0.176. The van der Waals surface area contributed by atoms with Gasteiger partial charge in [0.05, 0.1) is 5.02 Å². The summed E-state index contributed by atoms with van der Waals surface area (Å²) in [6.45, 7) is 1.96. The maximum absolute atomic E-state index is 10.0. The molecule has 1 aliphatic heterocycles. The molecule has 1 heterocycles. The van der Waals surface area contributed by atoms with Crippen LogP contribution in [0.5, 0.6) is 5.75 Å². The van der Waals surface area contributed by atoms with Crippen LogP contribution >= 0.6 is 34.2 Å². The molecule has 0 fully saturated rings. The van der Waals surface area contributed by atoms with Crippen molar-refractivity contribution in [1.29, 1.82) is 0 Å². The molecular formula is C17H17ClINO. The third kappa shape index (κ3) is 3.20. The molecule has 4 heteroatoms. The van der Waals surface area contributed by atoms with Gasteiger partial charge in [-0.2, -0.15) is 0 Å². The Morgan fingerprint density at radius 1 is 1.29 bits per heavy atom. The average Bonchev–Trinajstić information content (AvgIpc) is 2.60. The largest absolute Gasteiger partial charge is 0.506 e. The van der Waals surface area contributed by atoms with Crippen LogP contribution < -0.4 is 0 Å². The summed E-state index contributed by atoms with van der Waals surface area (Å²) in [7, 11) is 2.15. The van der Waals surface area contributed by atoms with Gasteiger partial charge < -0.3 is 10.0 Å². The predicted molar refractivity (Wildman–Crippen MR) is 95.3 cm³/mol. The van der Waals surface area contributed by atoms with Crippen LogP contribution in [0.1, 0.15) is 22.6 Å². The molecule has 0 amide bonds. The number of fused-ring (bicyclic) bond motifs is 1. The number of halogens is 2. The molecule has 0 bridgehead atoms. The van der Waals surface area contributed by atoms with E-state index < -0.39 is 0 Å². The number of hydrogen-bond acceptors (Lipinski definition) is 2. The number of benzene rings is 2. The molecule has 0 saturated heterocycles. The van der Waals surface area contributed by atoms with Crippen molar-refractivity contribution in [2.45, 2.75) is 12.3 Å². The minimum Gasteiger partial charge on any atom is -0.506 e. The Labute approximate surface area is 143 Å². The molecule has 2 aromatic rings. The normalized spacial score (nSPS) is 19.1. The van der Waals surface area contributed by atoms with Crippen molar-refractivity contribution in [3.63, 3.8) is 0 Å². The van der Waals surface area contributed by atoms with Crippen LogP contribution in [0.25, 0.3) is 0 Å². The van der Waals surface area contributed by atoms with Gasteiger partial charge in [-0.25, -0.2) is 0 Å². The van der Waals surface area contributed by atoms with Crippen molar-refractivity contribution in [1.82, 2.24) is 4.90 Å². The second-order valence-electron chi connectivity index (χ2n) is 5.62. The molecule has 0 saturated carbocycles. The average molecular weight is 410 g/mol. The van der Waals surface area contributed by atoms with E-state index in [2.05, 4.69) is 58.8 Å². The Kier molecular flexibility index (Phi) is 4.43. The first-order chi connectivity index (χ1) is 10.0. The van der Waals surface area contributed by atoms with Crippen molar-refractivity contribution >= 4 is 34.2 Å². The van der Waals surface area contributed by atoms with E-state index in [1.54, 1.807) is 0 Å². The molecule has 1 aliphatic rings. The molecule has 1 N–H and O–H groups in total. The van der Waals surface area contributed by atoms with Crippen molar-refractivity contribution in [2.24, 2.45) is 0 Å². The van der Waals surface area contributed by atoms with Gasteiger partial charge in [0.1, 0.15) is 5.75 Å². The molecule has 110 valence electrons. The van der Waals surface area contributed by atoms with Gasteiger partial charge in [0.2, 0.25) is 0 Å². The van der Waals surface area contributed by atoms with Crippen LogP contribution in [0.4, 0.5) is 0 Å². The zero-order valence-corrected chi connectivity index (χ0v) is 14.7. The Morgan fingerprint density at radius 2 is 2.10 bits per heavy atom. The summed E-state index contributed by atoms with van der Waals surface area (Å²) in [5, 5.41) is 10.4. The first-order valence-electron chi connectivity index (χ1n) is 7.00. The fourth-order valence-corrected chi connectivity index (χ4v) is 3.73. The van der Waals surface area contributed by atoms with E-state index in [1.807, 2.05) is 12.1 Å². The summed E-state index contributed by atoms with van der Waals surface area (Å²) >= 11 is 8.43. The van der Waals surface area contributed by atoms with E-state index in [1.165, 1.54) is 20.3 Å². The second kappa shape index (κ2) is 6.15. The van der Waals surface area contributed by atoms with Crippen LogP contribution in [0.15, 0.2) is 36.4 Å². The van der Waals surface area contributed by atoms with Gasteiger partial charge in [-0.3, -0.25) is 0 Å². The summed E-state index contributed by atoms with van der Waals surface area (Å²) in [4.78, 5) is 2.34. The number of rotatable bonds is 1. The topological polar surface area (TPSA) is 23.5 Å². The summed E-state index contributed by atoms with van der Waals surface area (Å²) in [5.41, 5.74) is 3.73. The summed E-state index contributed by atoms with van der Waals surface area (Å²) in [6.07, 6.45) is 0.965. The Bertz CT molecular complexity index is 674. The quantitative estimate of drug-likeness (QED) is 0.711. The van der Waals surface area contributed by atoms with Crippen LogP contribution in [-0.2, 0) is 6.42 Å². The number of aromatic hydroxyl groups is 1. The molecule has 0 unspecified atom stereocenters. The molecule has 3 rings (SSSR count). The fourth-order valence-electron chi connectivity index (χ4n) is 2.98. The van der Waals surface area contributed by atoms with Gasteiger partial charge in [-0.05, 0) is 77.0 Å². The highest BCUT2D eigenvalue weighted by Crippen LogP contribution is 2.36. The van der Waals surface area contributed by atoms with Crippen LogP contribution in [0.2, 0.25) is 5.02 Å². The van der Waals surface area contributed by atoms with Crippen LogP contribution in [0, 0.1) is 3.57 Å². The number of likely N-dealkylation sites (N-methyl/N-ethyl adjacent to an activating group) is 1.